The van der Waals surface area contributed by atoms with Gasteiger partial charge < -0.3 is 5.11 Å². The SMILES string of the molecule is CCC(=O)c1cc(C(=O)O)c(C)c(C)c1C. The molecular formula is C13H16O3. The number of carboxylic acids is 1. The van der Waals surface area contributed by atoms with Crippen molar-refractivity contribution in [1.82, 2.24) is 0 Å². The molecule has 1 N–H and O–H groups in total. The van der Waals surface area contributed by atoms with Crippen LogP contribution in [0.3, 0.4) is 0 Å². The highest BCUT2D eigenvalue weighted by atomic mass is 16.4. The fourth-order valence-corrected chi connectivity index (χ4v) is 1.75. The van der Waals surface area contributed by atoms with Crippen LogP contribution in [0.2, 0.25) is 0 Å². The Hall–Kier alpha value is -1.64. The molecule has 0 heterocycles. The van der Waals surface area contributed by atoms with Crippen molar-refractivity contribution in [3.63, 3.8) is 0 Å². The van der Waals surface area contributed by atoms with Gasteiger partial charge >= 0.3 is 5.97 Å². The van der Waals surface area contributed by atoms with E-state index >= 15 is 0 Å². The largest absolute Gasteiger partial charge is 0.478 e. The third-order valence-corrected chi connectivity index (χ3v) is 3.07. The zero-order chi connectivity index (χ0) is 12.5. The Morgan fingerprint density at radius 2 is 1.56 bits per heavy atom. The molecule has 0 spiro atoms. The van der Waals surface area contributed by atoms with Crippen molar-refractivity contribution in [2.45, 2.75) is 34.1 Å². The van der Waals surface area contributed by atoms with Crippen molar-refractivity contribution in [3.05, 3.63) is 33.9 Å². The maximum atomic E-state index is 11.7. The maximum absolute atomic E-state index is 11.7. The minimum absolute atomic E-state index is 0.0110. The third-order valence-electron chi connectivity index (χ3n) is 3.07. The summed E-state index contributed by atoms with van der Waals surface area (Å²) in [6, 6.07) is 1.49. The Morgan fingerprint density at radius 1 is 1.06 bits per heavy atom. The van der Waals surface area contributed by atoms with Crippen molar-refractivity contribution in [3.8, 4) is 0 Å². The molecular weight excluding hydrogens is 204 g/mol. The molecule has 0 saturated heterocycles. The second kappa shape index (κ2) is 4.47. The molecule has 0 aliphatic heterocycles. The fourth-order valence-electron chi connectivity index (χ4n) is 1.75. The number of aromatic carboxylic acids is 1. The van der Waals surface area contributed by atoms with Gasteiger partial charge in [-0.1, -0.05) is 6.92 Å². The Balaban J connectivity index is 3.53. The molecule has 0 amide bonds. The summed E-state index contributed by atoms with van der Waals surface area (Å²) in [7, 11) is 0. The molecule has 0 radical (unpaired) electrons. The van der Waals surface area contributed by atoms with Crippen LogP contribution < -0.4 is 0 Å². The van der Waals surface area contributed by atoms with Gasteiger partial charge in [-0.2, -0.15) is 0 Å². The van der Waals surface area contributed by atoms with Crippen molar-refractivity contribution < 1.29 is 14.7 Å². The Morgan fingerprint density at radius 3 is 2.00 bits per heavy atom. The molecule has 0 aliphatic carbocycles. The molecule has 0 saturated carbocycles. The van der Waals surface area contributed by atoms with E-state index in [9.17, 15) is 9.59 Å². The van der Waals surface area contributed by atoms with Crippen LogP contribution in [0.4, 0.5) is 0 Å². The predicted molar refractivity (Wildman–Crippen MR) is 62.2 cm³/mol. The lowest BCUT2D eigenvalue weighted by Gasteiger charge is -2.12. The van der Waals surface area contributed by atoms with E-state index < -0.39 is 5.97 Å². The quantitative estimate of drug-likeness (QED) is 0.797. The van der Waals surface area contributed by atoms with Crippen LogP contribution in [0.1, 0.15) is 50.8 Å². The van der Waals surface area contributed by atoms with E-state index in [1.807, 2.05) is 13.8 Å². The number of carbonyl (C=O) groups excluding carboxylic acids is 1. The zero-order valence-corrected chi connectivity index (χ0v) is 10.0. The average molecular weight is 220 g/mol. The molecule has 1 aromatic carbocycles. The average Bonchev–Trinajstić information content (AvgIpc) is 2.25. The summed E-state index contributed by atoms with van der Waals surface area (Å²) in [6.07, 6.45) is 0.391. The highest BCUT2D eigenvalue weighted by molar-refractivity contribution is 6.01. The normalized spacial score (nSPS) is 10.2. The summed E-state index contributed by atoms with van der Waals surface area (Å²) in [6.45, 7) is 7.25. The smallest absolute Gasteiger partial charge is 0.335 e. The first kappa shape index (κ1) is 12.4. The van der Waals surface area contributed by atoms with E-state index in [-0.39, 0.29) is 11.3 Å². The molecule has 86 valence electrons. The molecule has 1 aromatic rings. The Labute approximate surface area is 95.1 Å². The van der Waals surface area contributed by atoms with Gasteiger partial charge in [-0.3, -0.25) is 4.79 Å². The lowest BCUT2D eigenvalue weighted by atomic mass is 9.91. The highest BCUT2D eigenvalue weighted by Crippen LogP contribution is 2.22. The van der Waals surface area contributed by atoms with E-state index in [2.05, 4.69) is 0 Å². The van der Waals surface area contributed by atoms with Gasteiger partial charge in [0, 0.05) is 12.0 Å². The van der Waals surface area contributed by atoms with E-state index in [0.717, 1.165) is 16.7 Å². The van der Waals surface area contributed by atoms with Crippen LogP contribution in [0.5, 0.6) is 0 Å². The molecule has 3 heteroatoms. The summed E-state index contributed by atoms with van der Waals surface area (Å²) in [4.78, 5) is 22.7. The molecule has 0 bridgehead atoms. The topological polar surface area (TPSA) is 54.4 Å². The van der Waals surface area contributed by atoms with E-state index in [4.69, 9.17) is 5.11 Å². The fraction of sp³-hybridized carbons (Fsp3) is 0.385. The van der Waals surface area contributed by atoms with Crippen LogP contribution in [-0.4, -0.2) is 16.9 Å². The predicted octanol–water partition coefficient (Wildman–Crippen LogP) is 2.90. The number of hydrogen-bond acceptors (Lipinski definition) is 2. The molecule has 0 atom stereocenters. The molecule has 0 unspecified atom stereocenters. The first-order valence-corrected chi connectivity index (χ1v) is 5.27. The van der Waals surface area contributed by atoms with Gasteiger partial charge in [0.1, 0.15) is 0 Å². The maximum Gasteiger partial charge on any atom is 0.335 e. The van der Waals surface area contributed by atoms with E-state index in [1.54, 1.807) is 13.8 Å². The number of rotatable bonds is 3. The third kappa shape index (κ3) is 1.98. The minimum atomic E-state index is -0.981. The number of carbonyl (C=O) groups is 2. The second-order valence-electron chi connectivity index (χ2n) is 3.93. The Bertz CT molecular complexity index is 459. The van der Waals surface area contributed by atoms with Crippen LogP contribution in [-0.2, 0) is 0 Å². The van der Waals surface area contributed by atoms with Gasteiger partial charge in [0.25, 0.3) is 0 Å². The van der Waals surface area contributed by atoms with E-state index in [0.29, 0.717) is 12.0 Å². The molecule has 1 rings (SSSR count). The number of ketones is 1. The van der Waals surface area contributed by atoms with Crippen molar-refractivity contribution >= 4 is 11.8 Å². The van der Waals surface area contributed by atoms with Gasteiger partial charge in [0.05, 0.1) is 5.56 Å². The Kier molecular flexibility index (Phi) is 3.48. The van der Waals surface area contributed by atoms with Crippen molar-refractivity contribution in [2.24, 2.45) is 0 Å². The summed E-state index contributed by atoms with van der Waals surface area (Å²) in [5, 5.41) is 9.05. The monoisotopic (exact) mass is 220 g/mol. The van der Waals surface area contributed by atoms with Gasteiger partial charge in [-0.15, -0.1) is 0 Å². The molecule has 0 aromatic heterocycles. The second-order valence-corrected chi connectivity index (χ2v) is 3.93. The van der Waals surface area contributed by atoms with Crippen molar-refractivity contribution in [1.29, 1.82) is 0 Å². The molecule has 16 heavy (non-hydrogen) atoms. The number of Topliss-reactive ketones (excluding diaryl/α,β-unsaturated/α-hetero) is 1. The lowest BCUT2D eigenvalue weighted by Crippen LogP contribution is -2.09. The van der Waals surface area contributed by atoms with Gasteiger partial charge in [-0.05, 0) is 43.5 Å². The first-order chi connectivity index (χ1) is 7.40. The summed E-state index contributed by atoms with van der Waals surface area (Å²) < 4.78 is 0. The standard InChI is InChI=1S/C13H16O3/c1-5-12(14)10-6-11(13(15)16)9(4)7(2)8(10)3/h6H,5H2,1-4H3,(H,15,16). The number of carboxylic acid groups (broad SMARTS) is 1. The summed E-state index contributed by atoms with van der Waals surface area (Å²) >= 11 is 0. The zero-order valence-electron chi connectivity index (χ0n) is 10.0. The van der Waals surface area contributed by atoms with Crippen molar-refractivity contribution in [2.75, 3.05) is 0 Å². The van der Waals surface area contributed by atoms with Crippen LogP contribution in [0.25, 0.3) is 0 Å². The van der Waals surface area contributed by atoms with Crippen LogP contribution in [0, 0.1) is 20.8 Å². The number of hydrogen-bond donors (Lipinski definition) is 1. The highest BCUT2D eigenvalue weighted by Gasteiger charge is 2.17. The molecule has 0 aliphatic rings. The number of benzene rings is 1. The minimum Gasteiger partial charge on any atom is -0.478 e. The first-order valence-electron chi connectivity index (χ1n) is 5.27. The summed E-state index contributed by atoms with van der Waals surface area (Å²) in [5.41, 5.74) is 3.26. The van der Waals surface area contributed by atoms with Crippen LogP contribution >= 0.6 is 0 Å². The summed E-state index contributed by atoms with van der Waals surface area (Å²) in [5.74, 6) is -0.992. The van der Waals surface area contributed by atoms with Gasteiger partial charge in [0.2, 0.25) is 0 Å². The molecule has 0 fully saturated rings. The van der Waals surface area contributed by atoms with Gasteiger partial charge in [0.15, 0.2) is 5.78 Å². The molecule has 3 nitrogen and oxygen atoms in total. The van der Waals surface area contributed by atoms with Crippen LogP contribution in [0.15, 0.2) is 6.07 Å². The lowest BCUT2D eigenvalue weighted by molar-refractivity contribution is 0.0696. The van der Waals surface area contributed by atoms with E-state index in [1.165, 1.54) is 6.07 Å². The van der Waals surface area contributed by atoms with Gasteiger partial charge in [-0.25, -0.2) is 4.79 Å².